The van der Waals surface area contributed by atoms with E-state index in [-0.39, 0.29) is 5.41 Å². The highest BCUT2D eigenvalue weighted by molar-refractivity contribution is 6.22. The molecule has 22 rings (SSSR count). The minimum Gasteiger partial charge on any atom is -0.455 e. The Labute approximate surface area is 550 Å². The molecule has 0 saturated heterocycles. The van der Waals surface area contributed by atoms with Gasteiger partial charge in [-0.1, -0.05) is 258 Å². The van der Waals surface area contributed by atoms with Crippen LogP contribution in [0.25, 0.3) is 122 Å². The molecule has 3 heteroatoms. The monoisotopic (exact) mass is 1210 g/mol. The molecule has 0 saturated carbocycles. The Kier molecular flexibility index (Phi) is 9.74. The van der Waals surface area contributed by atoms with Crippen LogP contribution in [0.5, 0.6) is 0 Å². The van der Waals surface area contributed by atoms with Crippen molar-refractivity contribution in [2.45, 2.75) is 49.4 Å². The fraction of sp³-hybridized carbons (Fsp3) is 0.0870. The molecular formula is C92H59NO2. The van der Waals surface area contributed by atoms with Gasteiger partial charge < -0.3 is 13.7 Å². The number of anilines is 3. The lowest BCUT2D eigenvalue weighted by Gasteiger charge is -2.34. The van der Waals surface area contributed by atoms with Gasteiger partial charge in [0.1, 0.15) is 22.3 Å². The lowest BCUT2D eigenvalue weighted by atomic mass is 9.70. The average Bonchev–Trinajstić information content (AvgIpc) is 1.52. The van der Waals surface area contributed by atoms with Crippen LogP contribution in [0.4, 0.5) is 17.1 Å². The van der Waals surface area contributed by atoms with Crippen molar-refractivity contribution in [3.8, 4) is 77.9 Å². The highest BCUT2D eigenvalue weighted by Crippen LogP contribution is 2.69. The molecule has 14 aromatic carbocycles. The normalized spacial score (nSPS) is 15.5. The maximum Gasteiger partial charge on any atom is 0.144 e. The lowest BCUT2D eigenvalue weighted by Crippen LogP contribution is -2.27. The Balaban J connectivity index is 0.846. The molecule has 3 nitrogen and oxygen atoms in total. The number of rotatable bonds is 4. The van der Waals surface area contributed by atoms with Gasteiger partial charge in [0.25, 0.3) is 0 Å². The number of benzene rings is 14. The Morgan fingerprint density at radius 1 is 0.253 bits per heavy atom. The standard InChI is InChI=1S/C92H59NO2/c1-89(2)68-34-16-13-31-62(68)84-86(89)85-81(83-66-33-15-23-41-79(66)95-88(83)84)63-46-43-53(48-74(63)90(85,3)4)93(54-42-45-61-60-30-12-19-37-71(60)91(75(61)49-54)69-35-17-8-26-56(69)57-27-9-18-36-70(57)91)55-44-47-64-76(50-55)92(72-38-20-10-28-58(72)59-29-11-21-39-73(59)92)77-51-67(52-24-6-5-7-25-52)87-82(80(64)77)65-32-14-22-40-78(65)94-87/h5-51H,1-4H3. The largest absolute Gasteiger partial charge is 0.455 e. The van der Waals surface area contributed by atoms with Crippen molar-refractivity contribution < 1.29 is 8.83 Å². The summed E-state index contributed by atoms with van der Waals surface area (Å²) >= 11 is 0. The number of hydrogen-bond donors (Lipinski definition) is 0. The Morgan fingerprint density at radius 2 is 0.611 bits per heavy atom. The minimum atomic E-state index is -0.707. The van der Waals surface area contributed by atoms with Crippen LogP contribution in [0.1, 0.15) is 94.5 Å². The van der Waals surface area contributed by atoms with E-state index >= 15 is 0 Å². The summed E-state index contributed by atoms with van der Waals surface area (Å²) in [4.78, 5) is 2.61. The third-order valence-electron chi connectivity index (χ3n) is 23.4. The second-order valence-corrected chi connectivity index (χ2v) is 28.4. The molecule has 0 unspecified atom stereocenters. The van der Waals surface area contributed by atoms with Gasteiger partial charge in [0, 0.05) is 60.6 Å². The van der Waals surface area contributed by atoms with E-state index in [9.17, 15) is 0 Å². The molecule has 0 radical (unpaired) electrons. The highest BCUT2D eigenvalue weighted by atomic mass is 16.3. The molecule has 444 valence electrons. The van der Waals surface area contributed by atoms with Crippen LogP contribution in [0.15, 0.2) is 294 Å². The van der Waals surface area contributed by atoms with Gasteiger partial charge in [0.2, 0.25) is 0 Å². The fourth-order valence-electron chi connectivity index (χ4n) is 19.8. The summed E-state index contributed by atoms with van der Waals surface area (Å²) in [6.07, 6.45) is 0. The summed E-state index contributed by atoms with van der Waals surface area (Å²) < 4.78 is 14.3. The molecule has 2 spiro atoms. The molecule has 0 N–H and O–H groups in total. The zero-order chi connectivity index (χ0) is 62.6. The van der Waals surface area contributed by atoms with Gasteiger partial charge in [0.05, 0.1) is 10.8 Å². The van der Waals surface area contributed by atoms with Gasteiger partial charge >= 0.3 is 0 Å². The van der Waals surface area contributed by atoms with E-state index in [0.29, 0.717) is 0 Å². The molecule has 6 aliphatic carbocycles. The van der Waals surface area contributed by atoms with Crippen molar-refractivity contribution in [1.29, 1.82) is 0 Å². The molecular weight excluding hydrogens is 1150 g/mol. The van der Waals surface area contributed by atoms with Gasteiger partial charge in [-0.15, -0.1) is 0 Å². The topological polar surface area (TPSA) is 29.5 Å². The summed E-state index contributed by atoms with van der Waals surface area (Å²) in [5, 5.41) is 4.63. The summed E-state index contributed by atoms with van der Waals surface area (Å²) in [6, 6.07) is 108. The SMILES string of the molecule is CC1(C)c2ccccc2-c2c1c1c(c3c2oc2ccccc23)-c2ccc(N(c3ccc4c(c3)C3(c5ccccc5-c5ccccc53)c3ccccc3-4)c3ccc4c(c3)C3(c5ccccc5-c5ccccc53)c3cc(-c5ccccc5)c5oc6ccccc6c5c3-4)cc2C1(C)C. The van der Waals surface area contributed by atoms with Crippen LogP contribution in [-0.2, 0) is 21.7 Å². The predicted octanol–water partition coefficient (Wildman–Crippen LogP) is 23.9. The number of fused-ring (bicyclic) bond motifs is 36. The van der Waals surface area contributed by atoms with Gasteiger partial charge in [-0.2, -0.15) is 0 Å². The summed E-state index contributed by atoms with van der Waals surface area (Å²) in [5.41, 5.74) is 38.2. The zero-order valence-corrected chi connectivity index (χ0v) is 52.9. The molecule has 95 heavy (non-hydrogen) atoms. The first-order valence-electron chi connectivity index (χ1n) is 33.6. The van der Waals surface area contributed by atoms with E-state index < -0.39 is 16.2 Å². The van der Waals surface area contributed by atoms with Crippen LogP contribution < -0.4 is 4.90 Å². The third-order valence-corrected chi connectivity index (χ3v) is 23.4. The molecule has 0 fully saturated rings. The van der Waals surface area contributed by atoms with E-state index in [1.807, 2.05) is 0 Å². The molecule has 6 aliphatic rings. The number of nitrogens with zero attached hydrogens (tertiary/aromatic N) is 1. The number of hydrogen-bond acceptors (Lipinski definition) is 3. The average molecular weight is 1210 g/mol. The van der Waals surface area contributed by atoms with Crippen LogP contribution in [0.3, 0.4) is 0 Å². The Bertz CT molecular complexity index is 6070. The number of para-hydroxylation sites is 2. The Hall–Kier alpha value is -11.5. The van der Waals surface area contributed by atoms with Crippen LogP contribution in [0.2, 0.25) is 0 Å². The molecule has 2 aromatic heterocycles. The number of furan rings is 2. The Morgan fingerprint density at radius 3 is 1.15 bits per heavy atom. The van der Waals surface area contributed by atoms with E-state index in [4.69, 9.17) is 8.83 Å². The smallest absolute Gasteiger partial charge is 0.144 e. The van der Waals surface area contributed by atoms with Gasteiger partial charge in [-0.3, -0.25) is 0 Å². The van der Waals surface area contributed by atoms with Crippen molar-refractivity contribution in [1.82, 2.24) is 0 Å². The maximum absolute atomic E-state index is 7.17. The third kappa shape index (κ3) is 6.12. The predicted molar refractivity (Wildman–Crippen MR) is 389 cm³/mol. The molecule has 2 heterocycles. The van der Waals surface area contributed by atoms with Crippen LogP contribution in [0, 0.1) is 0 Å². The van der Waals surface area contributed by atoms with E-state index in [0.717, 1.165) is 66.7 Å². The van der Waals surface area contributed by atoms with E-state index in [1.54, 1.807) is 0 Å². The first-order valence-corrected chi connectivity index (χ1v) is 33.6. The molecule has 0 atom stereocenters. The summed E-state index contributed by atoms with van der Waals surface area (Å²) in [5.74, 6) is 0. The van der Waals surface area contributed by atoms with Crippen molar-refractivity contribution in [3.63, 3.8) is 0 Å². The van der Waals surface area contributed by atoms with Crippen molar-refractivity contribution in [2.24, 2.45) is 0 Å². The maximum atomic E-state index is 7.17. The van der Waals surface area contributed by atoms with Gasteiger partial charge in [-0.05, 0) is 188 Å². The lowest BCUT2D eigenvalue weighted by molar-refractivity contribution is 0.600. The van der Waals surface area contributed by atoms with Gasteiger partial charge in [0.15, 0.2) is 0 Å². The molecule has 0 amide bonds. The van der Waals surface area contributed by atoms with Crippen LogP contribution >= 0.6 is 0 Å². The molecule has 0 bridgehead atoms. The quantitative estimate of drug-likeness (QED) is 0.176. The van der Waals surface area contributed by atoms with E-state index in [1.165, 1.54) is 139 Å². The molecule has 0 aliphatic heterocycles. The summed E-state index contributed by atoms with van der Waals surface area (Å²) in [7, 11) is 0. The fourth-order valence-corrected chi connectivity index (χ4v) is 19.8. The molecule has 16 aromatic rings. The van der Waals surface area contributed by atoms with Crippen LogP contribution in [-0.4, -0.2) is 0 Å². The zero-order valence-electron chi connectivity index (χ0n) is 52.9. The first-order chi connectivity index (χ1) is 46.7. The van der Waals surface area contributed by atoms with Crippen molar-refractivity contribution in [3.05, 3.63) is 352 Å². The van der Waals surface area contributed by atoms with Gasteiger partial charge in [-0.25, -0.2) is 0 Å². The van der Waals surface area contributed by atoms with E-state index in [2.05, 4.69) is 318 Å². The highest BCUT2D eigenvalue weighted by Gasteiger charge is 2.55. The van der Waals surface area contributed by atoms with Crippen molar-refractivity contribution >= 4 is 60.9 Å². The second kappa shape index (κ2) is 17.8. The minimum absolute atomic E-state index is 0.293. The second-order valence-electron chi connectivity index (χ2n) is 28.4. The first kappa shape index (κ1) is 52.0. The summed E-state index contributed by atoms with van der Waals surface area (Å²) in [6.45, 7) is 9.84. The van der Waals surface area contributed by atoms with Crippen molar-refractivity contribution in [2.75, 3.05) is 4.90 Å².